The Balaban J connectivity index is 1.79. The molecule has 3 aliphatic rings. The van der Waals surface area contributed by atoms with Gasteiger partial charge in [-0.25, -0.2) is 0 Å². The SMILES string of the molecule is C[C@@H]1C=CC[C@]2(C)[C@H]3CC=C(O[Si](C)(C)C(C)(C)C)C[C@]3(COCc3ccccc3)[C@H](O[Si](C)(C)C(C)(C)C)C[C@@H]12. The van der Waals surface area contributed by atoms with E-state index >= 15 is 0 Å². The molecule has 1 aromatic carbocycles. The van der Waals surface area contributed by atoms with Gasteiger partial charge in [-0.05, 0) is 90.3 Å². The average Bonchev–Trinajstić information content (AvgIpc) is 2.84. The summed E-state index contributed by atoms with van der Waals surface area (Å²) in [7, 11) is -4.03. The standard InChI is InChI=1S/C36H60O3Si2/c1-27-17-16-22-35(8)30(27)23-32(39-41(11,12)34(5,6)7)36(26-37-25-28-18-14-13-15-19-28)24-29(20-21-31(35)36)38-40(9,10)33(2,3)4/h13-20,27,30-32H,21-26H2,1-12H3/t27-,30+,31-,32-,35+,36-/m1/s1. The van der Waals surface area contributed by atoms with E-state index in [1.807, 2.05) is 0 Å². The summed E-state index contributed by atoms with van der Waals surface area (Å²) < 4.78 is 21.5. The van der Waals surface area contributed by atoms with Gasteiger partial charge < -0.3 is 13.6 Å². The van der Waals surface area contributed by atoms with Crippen LogP contribution in [0.4, 0.5) is 0 Å². The minimum Gasteiger partial charge on any atom is -0.547 e. The Morgan fingerprint density at radius 1 is 0.927 bits per heavy atom. The normalized spacial score (nSPS) is 32.6. The van der Waals surface area contributed by atoms with Crippen LogP contribution in [0, 0.1) is 28.6 Å². The van der Waals surface area contributed by atoms with Crippen LogP contribution in [0.2, 0.25) is 36.3 Å². The smallest absolute Gasteiger partial charge is 0.250 e. The molecular formula is C36H60O3Si2. The number of fused-ring (bicyclic) bond motifs is 3. The monoisotopic (exact) mass is 596 g/mol. The highest BCUT2D eigenvalue weighted by Crippen LogP contribution is 2.65. The molecule has 0 saturated heterocycles. The lowest BCUT2D eigenvalue weighted by atomic mass is 9.44. The summed E-state index contributed by atoms with van der Waals surface area (Å²) in [5, 5.41) is 0.310. The molecule has 3 aliphatic carbocycles. The summed E-state index contributed by atoms with van der Waals surface area (Å²) in [4.78, 5) is 0. The molecule has 0 radical (unpaired) electrons. The van der Waals surface area contributed by atoms with Crippen molar-refractivity contribution < 1.29 is 13.6 Å². The third kappa shape index (κ3) is 6.39. The molecule has 0 aliphatic heterocycles. The van der Waals surface area contributed by atoms with Crippen molar-refractivity contribution in [1.82, 2.24) is 0 Å². The van der Waals surface area contributed by atoms with E-state index in [0.29, 0.717) is 31.0 Å². The van der Waals surface area contributed by atoms with Gasteiger partial charge in [0.05, 0.1) is 25.1 Å². The Morgan fingerprint density at radius 2 is 1.56 bits per heavy atom. The fourth-order valence-electron chi connectivity index (χ4n) is 7.47. The van der Waals surface area contributed by atoms with Crippen molar-refractivity contribution in [3.8, 4) is 0 Å². The largest absolute Gasteiger partial charge is 0.547 e. The molecule has 6 atom stereocenters. The maximum Gasteiger partial charge on any atom is 0.250 e. The predicted octanol–water partition coefficient (Wildman–Crippen LogP) is 10.5. The zero-order valence-electron chi connectivity index (χ0n) is 28.4. The van der Waals surface area contributed by atoms with Crippen molar-refractivity contribution in [3.63, 3.8) is 0 Å². The van der Waals surface area contributed by atoms with Gasteiger partial charge in [0.15, 0.2) is 8.32 Å². The van der Waals surface area contributed by atoms with Crippen molar-refractivity contribution in [1.29, 1.82) is 0 Å². The summed E-state index contributed by atoms with van der Waals surface area (Å²) in [6.07, 6.45) is 11.8. The van der Waals surface area contributed by atoms with E-state index in [0.717, 1.165) is 25.7 Å². The van der Waals surface area contributed by atoms with Gasteiger partial charge in [0, 0.05) is 11.8 Å². The van der Waals surface area contributed by atoms with Gasteiger partial charge in [0.1, 0.15) is 0 Å². The van der Waals surface area contributed by atoms with Gasteiger partial charge in [-0.2, -0.15) is 0 Å². The van der Waals surface area contributed by atoms with Crippen LogP contribution >= 0.6 is 0 Å². The van der Waals surface area contributed by atoms with Crippen LogP contribution in [0.25, 0.3) is 0 Å². The first-order valence-electron chi connectivity index (χ1n) is 16.2. The molecule has 1 aromatic rings. The van der Waals surface area contributed by atoms with Gasteiger partial charge in [-0.15, -0.1) is 0 Å². The van der Waals surface area contributed by atoms with E-state index < -0.39 is 16.6 Å². The maximum atomic E-state index is 7.57. The summed E-state index contributed by atoms with van der Waals surface area (Å²) >= 11 is 0. The van der Waals surface area contributed by atoms with E-state index in [2.05, 4.69) is 130 Å². The lowest BCUT2D eigenvalue weighted by Gasteiger charge is -2.64. The minimum absolute atomic E-state index is 0.118. The summed E-state index contributed by atoms with van der Waals surface area (Å²) in [5.74, 6) is 2.86. The molecule has 0 aromatic heterocycles. The van der Waals surface area contributed by atoms with Crippen LogP contribution in [-0.4, -0.2) is 29.3 Å². The Kier molecular flexibility index (Phi) is 9.12. The molecule has 4 rings (SSSR count). The molecule has 1 fully saturated rings. The van der Waals surface area contributed by atoms with E-state index in [-0.39, 0.29) is 27.0 Å². The Hall–Kier alpha value is -1.15. The van der Waals surface area contributed by atoms with Crippen molar-refractivity contribution >= 4 is 16.6 Å². The molecule has 0 N–H and O–H groups in total. The van der Waals surface area contributed by atoms with E-state index in [1.54, 1.807) is 0 Å². The summed E-state index contributed by atoms with van der Waals surface area (Å²) in [5.41, 5.74) is 1.34. The number of rotatable bonds is 8. The zero-order chi connectivity index (χ0) is 30.5. The first-order chi connectivity index (χ1) is 18.8. The second kappa shape index (κ2) is 11.4. The first-order valence-corrected chi connectivity index (χ1v) is 22.0. The van der Waals surface area contributed by atoms with Crippen molar-refractivity contribution in [3.05, 3.63) is 59.9 Å². The van der Waals surface area contributed by atoms with Gasteiger partial charge in [0.2, 0.25) is 8.32 Å². The summed E-state index contributed by atoms with van der Waals surface area (Å²) in [6.45, 7) is 30.2. The lowest BCUT2D eigenvalue weighted by molar-refractivity contribution is -0.182. The third-order valence-electron chi connectivity index (χ3n) is 12.1. The van der Waals surface area contributed by atoms with Crippen LogP contribution in [0.5, 0.6) is 0 Å². The molecule has 41 heavy (non-hydrogen) atoms. The number of hydrogen-bond acceptors (Lipinski definition) is 3. The highest BCUT2D eigenvalue weighted by molar-refractivity contribution is 6.74. The highest BCUT2D eigenvalue weighted by atomic mass is 28.4. The number of hydrogen-bond donors (Lipinski definition) is 0. The van der Waals surface area contributed by atoms with Gasteiger partial charge in [-0.1, -0.05) is 97.9 Å². The molecule has 0 heterocycles. The van der Waals surface area contributed by atoms with Crippen LogP contribution in [0.3, 0.4) is 0 Å². The van der Waals surface area contributed by atoms with Crippen molar-refractivity contribution in [2.45, 2.75) is 130 Å². The topological polar surface area (TPSA) is 27.7 Å². The molecule has 5 heteroatoms. The molecular weight excluding hydrogens is 537 g/mol. The molecule has 0 spiro atoms. The maximum absolute atomic E-state index is 7.57. The van der Waals surface area contributed by atoms with Crippen molar-refractivity contribution in [2.24, 2.45) is 28.6 Å². The molecule has 3 nitrogen and oxygen atoms in total. The Bertz CT molecular complexity index is 1110. The van der Waals surface area contributed by atoms with E-state index in [1.165, 1.54) is 11.3 Å². The Labute approximate surface area is 254 Å². The lowest BCUT2D eigenvalue weighted by Crippen LogP contribution is -2.64. The number of benzene rings is 1. The van der Waals surface area contributed by atoms with Crippen LogP contribution in [-0.2, 0) is 20.2 Å². The zero-order valence-corrected chi connectivity index (χ0v) is 30.4. The fraction of sp³-hybridized carbons (Fsp3) is 0.722. The average molecular weight is 597 g/mol. The summed E-state index contributed by atoms with van der Waals surface area (Å²) in [6, 6.07) is 10.7. The molecule has 0 amide bonds. The molecule has 0 bridgehead atoms. The fourth-order valence-corrected chi connectivity index (χ4v) is 9.99. The highest BCUT2D eigenvalue weighted by Gasteiger charge is 2.63. The quantitative estimate of drug-likeness (QED) is 0.221. The minimum atomic E-state index is -2.05. The second-order valence-electron chi connectivity index (χ2n) is 16.9. The van der Waals surface area contributed by atoms with E-state index in [4.69, 9.17) is 13.6 Å². The first kappa shape index (κ1) is 32.8. The third-order valence-corrected chi connectivity index (χ3v) is 21.0. The Morgan fingerprint density at radius 3 is 2.17 bits per heavy atom. The molecule has 0 unspecified atom stereocenters. The number of allylic oxidation sites excluding steroid dienone is 4. The number of ether oxygens (including phenoxy) is 1. The molecule has 1 saturated carbocycles. The van der Waals surface area contributed by atoms with Crippen LogP contribution in [0.1, 0.15) is 86.6 Å². The van der Waals surface area contributed by atoms with Crippen LogP contribution < -0.4 is 0 Å². The predicted molar refractivity (Wildman–Crippen MR) is 179 cm³/mol. The van der Waals surface area contributed by atoms with Gasteiger partial charge in [-0.3, -0.25) is 0 Å². The van der Waals surface area contributed by atoms with Crippen LogP contribution in [0.15, 0.2) is 54.3 Å². The van der Waals surface area contributed by atoms with Crippen molar-refractivity contribution in [2.75, 3.05) is 6.61 Å². The second-order valence-corrected chi connectivity index (χ2v) is 26.4. The van der Waals surface area contributed by atoms with Gasteiger partial charge in [0.25, 0.3) is 0 Å². The van der Waals surface area contributed by atoms with E-state index in [9.17, 15) is 0 Å². The molecule has 230 valence electrons. The van der Waals surface area contributed by atoms with Gasteiger partial charge >= 0.3 is 0 Å².